The van der Waals surface area contributed by atoms with Crippen molar-refractivity contribution in [2.75, 3.05) is 19.6 Å². The standard InChI is InChI=1S/C16H19ClN4O/c17-13-4-2-1-3-12(13)14-9-15(20-19-14)16(22)21-7-5-11(10-18)6-8-21/h1-4,9,11H,5-8,10,18H2,(H,19,20). The number of halogens is 1. The zero-order valence-corrected chi connectivity index (χ0v) is 13.0. The number of aromatic nitrogens is 2. The number of nitrogens with zero attached hydrogens (tertiary/aromatic N) is 2. The number of carbonyl (C=O) groups is 1. The Morgan fingerprint density at radius 2 is 2.09 bits per heavy atom. The first-order chi connectivity index (χ1) is 10.7. The van der Waals surface area contributed by atoms with Crippen molar-refractivity contribution in [2.24, 2.45) is 11.7 Å². The summed E-state index contributed by atoms with van der Waals surface area (Å²) in [6.07, 6.45) is 1.93. The summed E-state index contributed by atoms with van der Waals surface area (Å²) in [5, 5.41) is 7.67. The summed E-state index contributed by atoms with van der Waals surface area (Å²) >= 11 is 6.17. The maximum Gasteiger partial charge on any atom is 0.271 e. The normalized spacial score (nSPS) is 16.0. The predicted octanol–water partition coefficient (Wildman–Crippen LogP) is 2.54. The average molecular weight is 319 g/mol. The molecule has 1 aromatic heterocycles. The second-order valence-electron chi connectivity index (χ2n) is 5.62. The van der Waals surface area contributed by atoms with Gasteiger partial charge in [0.15, 0.2) is 0 Å². The van der Waals surface area contributed by atoms with E-state index in [1.54, 1.807) is 6.07 Å². The van der Waals surface area contributed by atoms with Crippen molar-refractivity contribution in [1.29, 1.82) is 0 Å². The average Bonchev–Trinajstić information content (AvgIpc) is 3.04. The fraction of sp³-hybridized carbons (Fsp3) is 0.375. The maximum atomic E-state index is 12.5. The summed E-state index contributed by atoms with van der Waals surface area (Å²) in [6.45, 7) is 2.20. The first kappa shape index (κ1) is 15.1. The molecule has 1 aliphatic rings. The van der Waals surface area contributed by atoms with Crippen molar-refractivity contribution in [1.82, 2.24) is 15.1 Å². The van der Waals surface area contributed by atoms with Crippen molar-refractivity contribution in [2.45, 2.75) is 12.8 Å². The van der Waals surface area contributed by atoms with Gasteiger partial charge in [0.25, 0.3) is 5.91 Å². The Morgan fingerprint density at radius 1 is 1.36 bits per heavy atom. The lowest BCUT2D eigenvalue weighted by Gasteiger charge is -2.30. The lowest BCUT2D eigenvalue weighted by Crippen LogP contribution is -2.40. The van der Waals surface area contributed by atoms with E-state index in [1.165, 1.54) is 0 Å². The summed E-state index contributed by atoms with van der Waals surface area (Å²) in [7, 11) is 0. The van der Waals surface area contributed by atoms with Crippen LogP contribution in [0.5, 0.6) is 0 Å². The van der Waals surface area contributed by atoms with Crippen LogP contribution in [-0.2, 0) is 0 Å². The molecule has 0 bridgehead atoms. The van der Waals surface area contributed by atoms with Gasteiger partial charge in [-0.15, -0.1) is 0 Å². The van der Waals surface area contributed by atoms with E-state index < -0.39 is 0 Å². The fourth-order valence-corrected chi connectivity index (χ4v) is 3.01. The minimum atomic E-state index is -0.0127. The largest absolute Gasteiger partial charge is 0.337 e. The molecular weight excluding hydrogens is 300 g/mol. The summed E-state index contributed by atoms with van der Waals surface area (Å²) in [4.78, 5) is 14.4. The van der Waals surface area contributed by atoms with Crippen molar-refractivity contribution in [3.05, 3.63) is 41.0 Å². The third-order valence-electron chi connectivity index (χ3n) is 4.19. The van der Waals surface area contributed by atoms with Crippen LogP contribution >= 0.6 is 11.6 Å². The van der Waals surface area contributed by atoms with E-state index in [1.807, 2.05) is 29.2 Å². The number of nitrogens with one attached hydrogen (secondary N) is 1. The van der Waals surface area contributed by atoms with Gasteiger partial charge >= 0.3 is 0 Å². The number of rotatable bonds is 3. The summed E-state index contributed by atoms with van der Waals surface area (Å²) in [6, 6.07) is 9.23. The number of amides is 1. The van der Waals surface area contributed by atoms with Gasteiger partial charge in [-0.25, -0.2) is 0 Å². The Bertz CT molecular complexity index is 662. The number of benzene rings is 1. The highest BCUT2D eigenvalue weighted by Crippen LogP contribution is 2.26. The lowest BCUT2D eigenvalue weighted by atomic mass is 9.97. The van der Waals surface area contributed by atoms with Crippen LogP contribution in [0.1, 0.15) is 23.3 Å². The van der Waals surface area contributed by atoms with Crippen molar-refractivity contribution in [3.8, 4) is 11.3 Å². The number of hydrogen-bond donors (Lipinski definition) is 2. The Morgan fingerprint density at radius 3 is 2.77 bits per heavy atom. The summed E-state index contributed by atoms with van der Waals surface area (Å²) < 4.78 is 0. The third kappa shape index (κ3) is 3.00. The molecule has 116 valence electrons. The molecule has 22 heavy (non-hydrogen) atoms. The second-order valence-corrected chi connectivity index (χ2v) is 6.03. The molecule has 0 saturated carbocycles. The van der Waals surface area contributed by atoms with Gasteiger partial charge in [0, 0.05) is 18.7 Å². The molecule has 3 N–H and O–H groups in total. The molecule has 1 aliphatic heterocycles. The van der Waals surface area contributed by atoms with E-state index in [9.17, 15) is 4.79 Å². The van der Waals surface area contributed by atoms with Gasteiger partial charge in [0.05, 0.1) is 10.7 Å². The predicted molar refractivity (Wildman–Crippen MR) is 86.7 cm³/mol. The Hall–Kier alpha value is -1.85. The molecule has 1 aromatic carbocycles. The first-order valence-corrected chi connectivity index (χ1v) is 7.86. The quantitative estimate of drug-likeness (QED) is 0.913. The van der Waals surface area contributed by atoms with E-state index in [0.717, 1.165) is 31.5 Å². The highest BCUT2D eigenvalue weighted by Gasteiger charge is 2.24. The van der Waals surface area contributed by atoms with Crippen LogP contribution in [-0.4, -0.2) is 40.6 Å². The third-order valence-corrected chi connectivity index (χ3v) is 4.52. The molecule has 1 saturated heterocycles. The molecule has 0 atom stereocenters. The van der Waals surface area contributed by atoms with Crippen LogP contribution in [0, 0.1) is 5.92 Å². The van der Waals surface area contributed by atoms with E-state index in [-0.39, 0.29) is 5.91 Å². The molecular formula is C16H19ClN4O. The van der Waals surface area contributed by atoms with E-state index in [0.29, 0.717) is 28.9 Å². The van der Waals surface area contributed by atoms with Crippen molar-refractivity contribution >= 4 is 17.5 Å². The first-order valence-electron chi connectivity index (χ1n) is 7.48. The Kier molecular flexibility index (Phi) is 4.45. The topological polar surface area (TPSA) is 75.0 Å². The molecule has 6 heteroatoms. The Labute approximate surface area is 134 Å². The number of H-pyrrole nitrogens is 1. The minimum Gasteiger partial charge on any atom is -0.337 e. The van der Waals surface area contributed by atoms with E-state index >= 15 is 0 Å². The lowest BCUT2D eigenvalue weighted by molar-refractivity contribution is 0.0687. The molecule has 2 aromatic rings. The number of carbonyl (C=O) groups excluding carboxylic acids is 1. The number of aromatic amines is 1. The molecule has 2 heterocycles. The minimum absolute atomic E-state index is 0.0127. The van der Waals surface area contributed by atoms with Crippen LogP contribution in [0.2, 0.25) is 5.02 Å². The van der Waals surface area contributed by atoms with Gasteiger partial charge in [0.2, 0.25) is 0 Å². The van der Waals surface area contributed by atoms with Gasteiger partial charge in [-0.1, -0.05) is 29.8 Å². The van der Waals surface area contributed by atoms with Crippen LogP contribution in [0.25, 0.3) is 11.3 Å². The molecule has 0 radical (unpaired) electrons. The molecule has 0 unspecified atom stereocenters. The molecule has 1 fully saturated rings. The molecule has 0 spiro atoms. The number of hydrogen-bond acceptors (Lipinski definition) is 3. The van der Waals surface area contributed by atoms with Crippen LogP contribution in [0.3, 0.4) is 0 Å². The number of nitrogens with two attached hydrogens (primary N) is 1. The summed E-state index contributed by atoms with van der Waals surface area (Å²) in [5.41, 5.74) is 7.69. The SMILES string of the molecule is NCC1CCN(C(=O)c2cc(-c3ccccc3Cl)n[nH]2)CC1. The van der Waals surface area contributed by atoms with Crippen molar-refractivity contribution in [3.63, 3.8) is 0 Å². The summed E-state index contributed by atoms with van der Waals surface area (Å²) in [5.74, 6) is 0.519. The number of likely N-dealkylation sites (tertiary alicyclic amines) is 1. The zero-order valence-electron chi connectivity index (χ0n) is 12.3. The van der Waals surface area contributed by atoms with Crippen LogP contribution in [0.15, 0.2) is 30.3 Å². The van der Waals surface area contributed by atoms with Crippen LogP contribution in [0.4, 0.5) is 0 Å². The second kappa shape index (κ2) is 6.50. The van der Waals surface area contributed by atoms with Gasteiger partial charge in [-0.05, 0) is 37.4 Å². The fourth-order valence-electron chi connectivity index (χ4n) is 2.78. The highest BCUT2D eigenvalue weighted by atomic mass is 35.5. The smallest absolute Gasteiger partial charge is 0.271 e. The number of piperidine rings is 1. The van der Waals surface area contributed by atoms with Gasteiger partial charge in [0.1, 0.15) is 5.69 Å². The van der Waals surface area contributed by atoms with Gasteiger partial charge < -0.3 is 10.6 Å². The molecule has 1 amide bonds. The molecule has 5 nitrogen and oxygen atoms in total. The van der Waals surface area contributed by atoms with E-state index in [4.69, 9.17) is 17.3 Å². The van der Waals surface area contributed by atoms with Gasteiger partial charge in [-0.2, -0.15) is 5.10 Å². The highest BCUT2D eigenvalue weighted by molar-refractivity contribution is 6.33. The van der Waals surface area contributed by atoms with Crippen LogP contribution < -0.4 is 5.73 Å². The zero-order chi connectivity index (χ0) is 15.5. The van der Waals surface area contributed by atoms with Crippen molar-refractivity contribution < 1.29 is 4.79 Å². The monoisotopic (exact) mass is 318 g/mol. The maximum absolute atomic E-state index is 12.5. The Balaban J connectivity index is 1.74. The molecule has 3 rings (SSSR count). The van der Waals surface area contributed by atoms with Gasteiger partial charge in [-0.3, -0.25) is 9.89 Å². The van der Waals surface area contributed by atoms with E-state index in [2.05, 4.69) is 10.2 Å². The molecule has 0 aliphatic carbocycles.